The van der Waals surface area contributed by atoms with Crippen LogP contribution in [0.15, 0.2) is 60.8 Å². The highest BCUT2D eigenvalue weighted by atomic mass is 35.5. The van der Waals surface area contributed by atoms with Gasteiger partial charge >= 0.3 is 5.97 Å². The van der Waals surface area contributed by atoms with Crippen molar-refractivity contribution in [1.82, 2.24) is 20.4 Å². The third-order valence-electron chi connectivity index (χ3n) is 4.06. The molecule has 3 aromatic rings. The van der Waals surface area contributed by atoms with Gasteiger partial charge in [-0.05, 0) is 36.4 Å². The first kappa shape index (κ1) is 22.3. The number of para-hydroxylation sites is 1. The Bertz CT molecular complexity index is 1090. The first-order valence-corrected chi connectivity index (χ1v) is 9.93. The van der Waals surface area contributed by atoms with Crippen molar-refractivity contribution >= 4 is 41.0 Å². The maximum atomic E-state index is 12.1. The molecule has 10 heteroatoms. The van der Waals surface area contributed by atoms with E-state index in [-0.39, 0.29) is 30.3 Å². The average molecular weight is 461 g/mol. The van der Waals surface area contributed by atoms with Crippen LogP contribution >= 0.6 is 23.2 Å². The summed E-state index contributed by atoms with van der Waals surface area (Å²) in [5, 5.41) is 9.67. The zero-order valence-corrected chi connectivity index (χ0v) is 17.7. The molecular weight excluding hydrogens is 443 g/mol. The second kappa shape index (κ2) is 10.6. The van der Waals surface area contributed by atoms with E-state index in [1.165, 1.54) is 18.2 Å². The summed E-state index contributed by atoms with van der Waals surface area (Å²) in [7, 11) is 0. The first-order valence-electron chi connectivity index (χ1n) is 9.18. The smallest absolute Gasteiger partial charge is 0.325 e. The van der Waals surface area contributed by atoms with Crippen molar-refractivity contribution in [2.45, 2.75) is 6.61 Å². The molecule has 0 spiro atoms. The van der Waals surface area contributed by atoms with E-state index in [0.29, 0.717) is 10.7 Å². The highest BCUT2D eigenvalue weighted by Gasteiger charge is 2.13. The number of benzene rings is 2. The zero-order valence-electron chi connectivity index (χ0n) is 16.2. The standard InChI is InChI=1S/C21H18Cl2N4O4/c22-14-6-7-17(18(23)10-14)21(30)25-11-19(28)24-12-20(29)31-13-15-8-9-27(26-15)16-4-2-1-3-5-16/h1-10H,11-13H2,(H,24,28)(H,25,30). The van der Waals surface area contributed by atoms with Crippen LogP contribution in [0.25, 0.3) is 5.69 Å². The van der Waals surface area contributed by atoms with Crippen LogP contribution in [-0.4, -0.2) is 40.7 Å². The van der Waals surface area contributed by atoms with Gasteiger partial charge in [-0.15, -0.1) is 0 Å². The monoisotopic (exact) mass is 460 g/mol. The minimum Gasteiger partial charge on any atom is -0.458 e. The van der Waals surface area contributed by atoms with E-state index in [1.54, 1.807) is 16.9 Å². The summed E-state index contributed by atoms with van der Waals surface area (Å²) in [5.41, 5.74) is 1.64. The molecule has 0 bridgehead atoms. The van der Waals surface area contributed by atoms with Crippen molar-refractivity contribution in [3.63, 3.8) is 0 Å². The van der Waals surface area contributed by atoms with Gasteiger partial charge in [0.25, 0.3) is 5.91 Å². The van der Waals surface area contributed by atoms with Gasteiger partial charge in [0, 0.05) is 11.2 Å². The molecule has 0 radical (unpaired) electrons. The molecule has 160 valence electrons. The van der Waals surface area contributed by atoms with Crippen LogP contribution in [-0.2, 0) is 20.9 Å². The van der Waals surface area contributed by atoms with Gasteiger partial charge < -0.3 is 15.4 Å². The normalized spacial score (nSPS) is 10.4. The second-order valence-electron chi connectivity index (χ2n) is 6.33. The zero-order chi connectivity index (χ0) is 22.2. The molecule has 0 aliphatic rings. The number of carbonyl (C=O) groups excluding carboxylic acids is 3. The van der Waals surface area contributed by atoms with Crippen molar-refractivity contribution in [3.8, 4) is 5.69 Å². The fourth-order valence-electron chi connectivity index (χ4n) is 2.53. The number of carbonyl (C=O) groups is 3. The Morgan fingerprint density at radius 3 is 2.48 bits per heavy atom. The largest absolute Gasteiger partial charge is 0.458 e. The number of nitrogens with one attached hydrogen (secondary N) is 2. The SMILES string of the molecule is O=C(CNC(=O)c1ccc(Cl)cc1Cl)NCC(=O)OCc1ccn(-c2ccccc2)n1. The van der Waals surface area contributed by atoms with E-state index in [0.717, 1.165) is 5.69 Å². The molecule has 2 amide bonds. The van der Waals surface area contributed by atoms with Crippen LogP contribution in [0.3, 0.4) is 0 Å². The molecular formula is C21H18Cl2N4O4. The Labute approximate surface area is 188 Å². The third kappa shape index (κ3) is 6.56. The van der Waals surface area contributed by atoms with Crippen molar-refractivity contribution in [1.29, 1.82) is 0 Å². The Morgan fingerprint density at radius 1 is 0.968 bits per heavy atom. The van der Waals surface area contributed by atoms with Gasteiger partial charge in [-0.2, -0.15) is 5.10 Å². The Hall–Kier alpha value is -3.36. The number of aromatic nitrogens is 2. The van der Waals surface area contributed by atoms with Gasteiger partial charge in [-0.25, -0.2) is 4.68 Å². The lowest BCUT2D eigenvalue weighted by atomic mass is 10.2. The van der Waals surface area contributed by atoms with Gasteiger partial charge in [-0.3, -0.25) is 14.4 Å². The topological polar surface area (TPSA) is 102 Å². The first-order chi connectivity index (χ1) is 14.9. The number of amides is 2. The summed E-state index contributed by atoms with van der Waals surface area (Å²) in [6, 6.07) is 15.6. The fraction of sp³-hybridized carbons (Fsp3) is 0.143. The highest BCUT2D eigenvalue weighted by Crippen LogP contribution is 2.20. The van der Waals surface area contributed by atoms with E-state index in [4.69, 9.17) is 27.9 Å². The predicted octanol–water partition coefficient (Wildman–Crippen LogP) is 2.77. The minimum atomic E-state index is -0.630. The molecule has 2 aromatic carbocycles. The molecule has 0 saturated carbocycles. The summed E-state index contributed by atoms with van der Waals surface area (Å²) in [5.74, 6) is -1.72. The van der Waals surface area contributed by atoms with E-state index >= 15 is 0 Å². The Balaban J connectivity index is 1.38. The molecule has 31 heavy (non-hydrogen) atoms. The quantitative estimate of drug-likeness (QED) is 0.503. The Kier molecular flexibility index (Phi) is 7.64. The van der Waals surface area contributed by atoms with Crippen molar-refractivity contribution in [3.05, 3.63) is 82.1 Å². The van der Waals surface area contributed by atoms with Crippen LogP contribution in [0.4, 0.5) is 0 Å². The molecule has 0 aliphatic carbocycles. The molecule has 2 N–H and O–H groups in total. The molecule has 0 aliphatic heterocycles. The summed E-state index contributed by atoms with van der Waals surface area (Å²) in [6.07, 6.45) is 1.76. The van der Waals surface area contributed by atoms with E-state index in [1.807, 2.05) is 30.3 Å². The number of hydrogen-bond acceptors (Lipinski definition) is 5. The number of hydrogen-bond donors (Lipinski definition) is 2. The van der Waals surface area contributed by atoms with E-state index in [2.05, 4.69) is 15.7 Å². The van der Waals surface area contributed by atoms with E-state index < -0.39 is 17.8 Å². The highest BCUT2D eigenvalue weighted by molar-refractivity contribution is 6.36. The minimum absolute atomic E-state index is 0.0274. The lowest BCUT2D eigenvalue weighted by Gasteiger charge is -2.08. The molecule has 0 fully saturated rings. The summed E-state index contributed by atoms with van der Waals surface area (Å²) < 4.78 is 6.77. The molecule has 0 saturated heterocycles. The average Bonchev–Trinajstić information content (AvgIpc) is 3.24. The maximum Gasteiger partial charge on any atom is 0.325 e. The van der Waals surface area contributed by atoms with E-state index in [9.17, 15) is 14.4 Å². The third-order valence-corrected chi connectivity index (χ3v) is 4.61. The van der Waals surface area contributed by atoms with Crippen LogP contribution in [0.1, 0.15) is 16.1 Å². The van der Waals surface area contributed by atoms with Gasteiger partial charge in [0.1, 0.15) is 18.8 Å². The van der Waals surface area contributed by atoms with Crippen LogP contribution in [0.2, 0.25) is 10.0 Å². The van der Waals surface area contributed by atoms with Crippen LogP contribution in [0, 0.1) is 0 Å². The number of ether oxygens (including phenoxy) is 1. The van der Waals surface area contributed by atoms with Crippen molar-refractivity contribution in [2.75, 3.05) is 13.1 Å². The predicted molar refractivity (Wildman–Crippen MR) is 115 cm³/mol. The Morgan fingerprint density at radius 2 is 1.74 bits per heavy atom. The number of rotatable bonds is 8. The van der Waals surface area contributed by atoms with Gasteiger partial charge in [-0.1, -0.05) is 41.4 Å². The molecule has 3 rings (SSSR count). The second-order valence-corrected chi connectivity index (χ2v) is 7.18. The van der Waals surface area contributed by atoms with Crippen molar-refractivity contribution < 1.29 is 19.1 Å². The molecule has 0 unspecified atom stereocenters. The van der Waals surface area contributed by atoms with Crippen molar-refractivity contribution in [2.24, 2.45) is 0 Å². The maximum absolute atomic E-state index is 12.1. The van der Waals surface area contributed by atoms with Gasteiger partial charge in [0.05, 0.1) is 22.8 Å². The number of halogens is 2. The summed E-state index contributed by atoms with van der Waals surface area (Å²) in [6.45, 7) is -0.692. The van der Waals surface area contributed by atoms with Gasteiger partial charge in [0.15, 0.2) is 0 Å². The lowest BCUT2D eigenvalue weighted by molar-refractivity contribution is -0.145. The fourth-order valence-corrected chi connectivity index (χ4v) is 3.03. The lowest BCUT2D eigenvalue weighted by Crippen LogP contribution is -2.39. The molecule has 1 heterocycles. The van der Waals surface area contributed by atoms with Crippen LogP contribution in [0.5, 0.6) is 0 Å². The summed E-state index contributed by atoms with van der Waals surface area (Å²) >= 11 is 11.7. The van der Waals surface area contributed by atoms with Crippen LogP contribution < -0.4 is 10.6 Å². The molecule has 1 aromatic heterocycles. The summed E-state index contributed by atoms with van der Waals surface area (Å²) in [4.78, 5) is 35.8. The molecule has 8 nitrogen and oxygen atoms in total. The molecule has 0 atom stereocenters. The number of esters is 1. The van der Waals surface area contributed by atoms with Gasteiger partial charge in [0.2, 0.25) is 5.91 Å². The number of nitrogens with zero attached hydrogens (tertiary/aromatic N) is 2.